The molecule has 3 amide bonds. The predicted molar refractivity (Wildman–Crippen MR) is 142 cm³/mol. The highest BCUT2D eigenvalue weighted by Crippen LogP contribution is 2.54. The van der Waals surface area contributed by atoms with Crippen molar-refractivity contribution < 1.29 is 19.2 Å². The molecular weight excluding hydrogens is 480 g/mol. The van der Waals surface area contributed by atoms with E-state index in [1.54, 1.807) is 24.3 Å². The number of rotatable bonds is 4. The molecule has 4 heterocycles. The zero-order valence-electron chi connectivity index (χ0n) is 20.5. The summed E-state index contributed by atoms with van der Waals surface area (Å²) in [6, 6.07) is 21.2. The number of carbonyl (C=O) groups excluding carboxylic acids is 4. The van der Waals surface area contributed by atoms with Crippen LogP contribution < -0.4 is 15.5 Å². The summed E-state index contributed by atoms with van der Waals surface area (Å²) in [7, 11) is 0. The lowest BCUT2D eigenvalue weighted by molar-refractivity contribution is -0.130. The first-order valence-electron chi connectivity index (χ1n) is 12.6. The van der Waals surface area contributed by atoms with Crippen LogP contribution in [0.2, 0.25) is 0 Å². The Morgan fingerprint density at radius 1 is 0.921 bits per heavy atom. The molecule has 3 aliphatic rings. The number of amides is 3. The van der Waals surface area contributed by atoms with Crippen molar-refractivity contribution in [2.24, 2.45) is 11.8 Å². The first kappa shape index (κ1) is 22.6. The van der Waals surface area contributed by atoms with Crippen molar-refractivity contribution in [2.75, 3.05) is 10.2 Å². The topological polar surface area (TPSA) is 111 Å². The van der Waals surface area contributed by atoms with E-state index in [1.165, 1.54) is 11.8 Å². The smallest absolute Gasteiger partial charge is 0.250 e. The van der Waals surface area contributed by atoms with Gasteiger partial charge < -0.3 is 10.3 Å². The second-order valence-electron chi connectivity index (χ2n) is 10.2. The minimum absolute atomic E-state index is 0.103. The molecule has 8 heteroatoms. The molecule has 0 saturated carbocycles. The maximum atomic E-state index is 14.1. The number of fused-ring (bicyclic) bond motifs is 5. The molecule has 3 N–H and O–H groups in total. The Morgan fingerprint density at radius 2 is 1.66 bits per heavy atom. The number of aromatic nitrogens is 1. The molecule has 7 rings (SSSR count). The van der Waals surface area contributed by atoms with Gasteiger partial charge in [-0.2, -0.15) is 0 Å². The van der Waals surface area contributed by atoms with Crippen LogP contribution in [-0.2, 0) is 26.3 Å². The number of nitrogens with zero attached hydrogens (tertiary/aromatic N) is 1. The molecule has 3 aliphatic heterocycles. The van der Waals surface area contributed by atoms with E-state index < -0.39 is 29.3 Å². The van der Waals surface area contributed by atoms with Crippen LogP contribution in [0.3, 0.4) is 0 Å². The Hall–Kier alpha value is -4.56. The molecule has 1 aromatic heterocycles. The number of aromatic amines is 1. The number of Topliss-reactive ketones (excluding diaryl/α,β-unsaturated/α-hetero) is 1. The first-order valence-corrected chi connectivity index (χ1v) is 12.6. The third-order valence-corrected chi connectivity index (χ3v) is 8.27. The van der Waals surface area contributed by atoms with Crippen molar-refractivity contribution >= 4 is 45.8 Å². The molecule has 0 bridgehead atoms. The third kappa shape index (κ3) is 2.95. The fraction of sp³-hybridized carbons (Fsp3) is 0.200. The van der Waals surface area contributed by atoms with Crippen LogP contribution >= 0.6 is 0 Å². The van der Waals surface area contributed by atoms with E-state index in [9.17, 15) is 19.2 Å². The molecule has 4 atom stereocenters. The highest BCUT2D eigenvalue weighted by Gasteiger charge is 2.70. The highest BCUT2D eigenvalue weighted by molar-refractivity contribution is 6.26. The number of hydrogen-bond donors (Lipinski definition) is 3. The molecule has 188 valence electrons. The first-order chi connectivity index (χ1) is 18.4. The molecule has 2 fully saturated rings. The van der Waals surface area contributed by atoms with Crippen LogP contribution in [0.25, 0.3) is 10.9 Å². The molecular formula is C30H24N4O4. The summed E-state index contributed by atoms with van der Waals surface area (Å²) in [5.74, 6) is -2.86. The minimum atomic E-state index is -1.36. The van der Waals surface area contributed by atoms with E-state index in [-0.39, 0.29) is 17.6 Å². The molecule has 0 radical (unpaired) electrons. The molecule has 4 aromatic rings. The van der Waals surface area contributed by atoms with Crippen LogP contribution in [0.5, 0.6) is 0 Å². The molecule has 3 aromatic carbocycles. The zero-order chi connectivity index (χ0) is 26.2. The number of hydrogen-bond acceptors (Lipinski definition) is 5. The van der Waals surface area contributed by atoms with E-state index in [2.05, 4.69) is 15.6 Å². The Balaban J connectivity index is 1.35. The number of carbonyl (C=O) groups is 4. The lowest BCUT2D eigenvalue weighted by Gasteiger charge is -2.29. The number of anilines is 2. The van der Waals surface area contributed by atoms with Gasteiger partial charge in [0.1, 0.15) is 5.54 Å². The Bertz CT molecular complexity index is 1670. The Labute approximate surface area is 218 Å². The quantitative estimate of drug-likeness (QED) is 0.291. The van der Waals surface area contributed by atoms with Crippen molar-refractivity contribution in [3.05, 3.63) is 95.7 Å². The normalized spacial score (nSPS) is 25.8. The number of H-pyrrole nitrogens is 1. The van der Waals surface area contributed by atoms with Crippen LogP contribution in [0.4, 0.5) is 11.4 Å². The highest BCUT2D eigenvalue weighted by atomic mass is 16.2. The van der Waals surface area contributed by atoms with Crippen molar-refractivity contribution in [2.45, 2.75) is 24.9 Å². The standard InChI is InChI=1S/C30H24N4O4/c1-16(35)17-10-12-19(13-11-17)34-27(36)25-24(14-18-15-31-22-8-4-2-6-20(18)22)33-30(26(25)28(34)37)21-7-3-5-9-23(21)32-29(30)38/h2-13,15,24-26,31,33H,14H2,1H3,(H,32,38)/t24-,25+,26+,30+/m0/s1. The second-order valence-corrected chi connectivity index (χ2v) is 10.2. The van der Waals surface area contributed by atoms with Gasteiger partial charge in [-0.15, -0.1) is 0 Å². The largest absolute Gasteiger partial charge is 0.361 e. The molecule has 0 unspecified atom stereocenters. The minimum Gasteiger partial charge on any atom is -0.361 e. The summed E-state index contributed by atoms with van der Waals surface area (Å²) in [6.45, 7) is 1.46. The molecule has 38 heavy (non-hydrogen) atoms. The Morgan fingerprint density at radius 3 is 2.45 bits per heavy atom. The summed E-state index contributed by atoms with van der Waals surface area (Å²) in [6.07, 6.45) is 2.38. The number of para-hydroxylation sites is 2. The zero-order valence-corrected chi connectivity index (χ0v) is 20.5. The van der Waals surface area contributed by atoms with Crippen molar-refractivity contribution in [3.8, 4) is 0 Å². The van der Waals surface area contributed by atoms with Gasteiger partial charge in [0.05, 0.1) is 17.5 Å². The predicted octanol–water partition coefficient (Wildman–Crippen LogP) is 3.54. The van der Waals surface area contributed by atoms with Crippen LogP contribution in [0, 0.1) is 11.8 Å². The van der Waals surface area contributed by atoms with Crippen molar-refractivity contribution in [1.29, 1.82) is 0 Å². The number of nitrogens with one attached hydrogen (secondary N) is 3. The molecule has 2 saturated heterocycles. The van der Waals surface area contributed by atoms with Crippen molar-refractivity contribution in [1.82, 2.24) is 10.3 Å². The lowest BCUT2D eigenvalue weighted by atomic mass is 9.76. The third-order valence-electron chi connectivity index (χ3n) is 8.27. The van der Waals surface area contributed by atoms with Gasteiger partial charge in [-0.3, -0.25) is 24.5 Å². The van der Waals surface area contributed by atoms with E-state index in [4.69, 9.17) is 0 Å². The molecule has 1 spiro atoms. The van der Waals surface area contributed by atoms with Gasteiger partial charge in [0.15, 0.2) is 5.78 Å². The summed E-state index contributed by atoms with van der Waals surface area (Å²) in [4.78, 5) is 58.1. The second kappa shape index (κ2) is 7.97. The van der Waals surface area contributed by atoms with Crippen LogP contribution in [0.1, 0.15) is 28.4 Å². The fourth-order valence-electron chi connectivity index (χ4n) is 6.57. The summed E-state index contributed by atoms with van der Waals surface area (Å²) < 4.78 is 0. The fourth-order valence-corrected chi connectivity index (χ4v) is 6.57. The average molecular weight is 505 g/mol. The number of benzene rings is 3. The van der Waals surface area contributed by atoms with Crippen molar-refractivity contribution in [3.63, 3.8) is 0 Å². The lowest BCUT2D eigenvalue weighted by Crippen LogP contribution is -2.53. The van der Waals surface area contributed by atoms with Gasteiger partial charge >= 0.3 is 0 Å². The number of ketones is 1. The van der Waals surface area contributed by atoms with Gasteiger partial charge in [0.2, 0.25) is 17.7 Å². The summed E-state index contributed by atoms with van der Waals surface area (Å²) in [5, 5.41) is 7.47. The van der Waals surface area contributed by atoms with Gasteiger partial charge in [0.25, 0.3) is 0 Å². The number of imide groups is 1. The van der Waals surface area contributed by atoms with Crippen LogP contribution in [-0.4, -0.2) is 34.5 Å². The van der Waals surface area contributed by atoms with Gasteiger partial charge in [-0.1, -0.05) is 36.4 Å². The van der Waals surface area contributed by atoms with E-state index in [0.29, 0.717) is 28.9 Å². The molecule has 8 nitrogen and oxygen atoms in total. The van der Waals surface area contributed by atoms with Gasteiger partial charge in [-0.25, -0.2) is 4.90 Å². The maximum Gasteiger partial charge on any atom is 0.250 e. The van der Waals surface area contributed by atoms with E-state index in [1.807, 2.05) is 54.7 Å². The molecule has 0 aliphatic carbocycles. The summed E-state index contributed by atoms with van der Waals surface area (Å²) >= 11 is 0. The van der Waals surface area contributed by atoms with Crippen LogP contribution in [0.15, 0.2) is 79.0 Å². The van der Waals surface area contributed by atoms with E-state index in [0.717, 1.165) is 16.5 Å². The van der Waals surface area contributed by atoms with Gasteiger partial charge in [-0.05, 0) is 55.3 Å². The van der Waals surface area contributed by atoms with Gasteiger partial charge in [0, 0.05) is 40.0 Å². The SMILES string of the molecule is CC(=O)c1ccc(N2C(=O)[C@@H]3[C@H](Cc4c[nH]c5ccccc45)N[C@@]4(C(=O)Nc5ccccc54)[C@H]3C2=O)cc1. The Kier molecular flexibility index (Phi) is 4.74. The summed E-state index contributed by atoms with van der Waals surface area (Å²) in [5.41, 5.74) is 2.83. The monoisotopic (exact) mass is 504 g/mol. The van der Waals surface area contributed by atoms with E-state index >= 15 is 0 Å². The maximum absolute atomic E-state index is 14.1. The average Bonchev–Trinajstić information content (AvgIpc) is 3.63.